The van der Waals surface area contributed by atoms with Gasteiger partial charge >= 0.3 is 0 Å². The fourth-order valence-electron chi connectivity index (χ4n) is 8.90. The fourth-order valence-corrected chi connectivity index (χ4v) is 8.90. The van der Waals surface area contributed by atoms with Crippen LogP contribution in [0.5, 0.6) is 0 Å². The minimum Gasteiger partial charge on any atom is -0.381 e. The second-order valence-corrected chi connectivity index (χ2v) is 11.7. The first-order valence-electron chi connectivity index (χ1n) is 12.6. The molecule has 0 saturated heterocycles. The number of allylic oxidation sites excluding steroid dienone is 1. The van der Waals surface area contributed by atoms with Crippen molar-refractivity contribution < 1.29 is 9.53 Å². The van der Waals surface area contributed by atoms with Crippen LogP contribution in [0.2, 0.25) is 0 Å². The topological polar surface area (TPSA) is 26.3 Å². The molecule has 0 spiro atoms. The first-order chi connectivity index (χ1) is 14.8. The SMILES string of the molecule is CO[C@H]1CC[C@@]2(C)C(=CCC3C2CC[C@@]2(C)C3CCC2(Cc2ccccc2)C(C)=O)C1. The molecule has 4 aliphatic carbocycles. The Kier molecular flexibility index (Phi) is 5.24. The van der Waals surface area contributed by atoms with Crippen LogP contribution in [-0.2, 0) is 16.0 Å². The molecule has 1 aromatic rings. The van der Waals surface area contributed by atoms with Crippen LogP contribution in [0.3, 0.4) is 0 Å². The molecule has 4 aliphatic rings. The number of methoxy groups -OCH3 is 1. The molecular weight excluding hydrogens is 380 g/mol. The lowest BCUT2D eigenvalue weighted by Crippen LogP contribution is -2.54. The summed E-state index contributed by atoms with van der Waals surface area (Å²) in [6.45, 7) is 6.94. The van der Waals surface area contributed by atoms with Gasteiger partial charge in [0.15, 0.2) is 0 Å². The number of hydrogen-bond acceptors (Lipinski definition) is 2. The number of rotatable bonds is 4. The lowest BCUT2D eigenvalue weighted by Gasteiger charge is -2.59. The average Bonchev–Trinajstić information content (AvgIpc) is 3.07. The van der Waals surface area contributed by atoms with Gasteiger partial charge in [-0.2, -0.15) is 0 Å². The number of Topliss-reactive ketones (excluding diaryl/α,β-unsaturated/α-hetero) is 1. The Morgan fingerprint density at radius 2 is 1.77 bits per heavy atom. The van der Waals surface area contributed by atoms with E-state index in [0.717, 1.165) is 31.1 Å². The van der Waals surface area contributed by atoms with Gasteiger partial charge in [-0.25, -0.2) is 0 Å². The smallest absolute Gasteiger partial charge is 0.136 e. The van der Waals surface area contributed by atoms with Gasteiger partial charge in [-0.3, -0.25) is 4.79 Å². The monoisotopic (exact) mass is 420 g/mol. The van der Waals surface area contributed by atoms with Crippen molar-refractivity contribution in [1.29, 1.82) is 0 Å². The van der Waals surface area contributed by atoms with E-state index in [1.54, 1.807) is 5.57 Å². The van der Waals surface area contributed by atoms with E-state index < -0.39 is 0 Å². The predicted octanol–water partition coefficient (Wildman–Crippen LogP) is 6.78. The quantitative estimate of drug-likeness (QED) is 0.502. The predicted molar refractivity (Wildman–Crippen MR) is 126 cm³/mol. The van der Waals surface area contributed by atoms with E-state index in [9.17, 15) is 4.79 Å². The largest absolute Gasteiger partial charge is 0.381 e. The number of ketones is 1. The molecule has 5 rings (SSSR count). The average molecular weight is 421 g/mol. The molecule has 0 aromatic heterocycles. The van der Waals surface area contributed by atoms with Crippen molar-refractivity contribution in [3.8, 4) is 0 Å². The van der Waals surface area contributed by atoms with E-state index in [-0.39, 0.29) is 10.8 Å². The number of carbonyl (C=O) groups is 1. The van der Waals surface area contributed by atoms with Crippen molar-refractivity contribution in [3.05, 3.63) is 47.5 Å². The zero-order valence-corrected chi connectivity index (χ0v) is 20.0. The van der Waals surface area contributed by atoms with Crippen LogP contribution < -0.4 is 0 Å². The molecule has 7 atom stereocenters. The maximum Gasteiger partial charge on any atom is 0.136 e. The highest BCUT2D eigenvalue weighted by atomic mass is 16.5. The normalized spacial score (nSPS) is 44.1. The Hall–Kier alpha value is -1.41. The third-order valence-corrected chi connectivity index (χ3v) is 10.8. The van der Waals surface area contributed by atoms with Crippen LogP contribution in [0.25, 0.3) is 0 Å². The van der Waals surface area contributed by atoms with Crippen molar-refractivity contribution in [2.24, 2.45) is 34.0 Å². The number of fused-ring (bicyclic) bond motifs is 5. The van der Waals surface area contributed by atoms with Gasteiger partial charge in [-0.1, -0.05) is 55.8 Å². The summed E-state index contributed by atoms with van der Waals surface area (Å²) in [6, 6.07) is 10.8. The van der Waals surface area contributed by atoms with Crippen molar-refractivity contribution in [2.75, 3.05) is 7.11 Å². The second-order valence-electron chi connectivity index (χ2n) is 11.7. The molecule has 0 amide bonds. The molecule has 3 saturated carbocycles. The molecule has 0 bridgehead atoms. The summed E-state index contributed by atoms with van der Waals surface area (Å²) in [5, 5.41) is 0. The maximum absolute atomic E-state index is 13.3. The summed E-state index contributed by atoms with van der Waals surface area (Å²) in [5.41, 5.74) is 3.29. The van der Waals surface area contributed by atoms with Crippen LogP contribution in [0, 0.1) is 34.0 Å². The summed E-state index contributed by atoms with van der Waals surface area (Å²) < 4.78 is 5.74. The van der Waals surface area contributed by atoms with Gasteiger partial charge in [0.2, 0.25) is 0 Å². The van der Waals surface area contributed by atoms with Crippen LogP contribution in [-0.4, -0.2) is 19.0 Å². The van der Waals surface area contributed by atoms with E-state index in [1.165, 1.54) is 44.1 Å². The zero-order chi connectivity index (χ0) is 21.9. The number of carbonyl (C=O) groups excluding carboxylic acids is 1. The Morgan fingerprint density at radius 1 is 1.03 bits per heavy atom. The zero-order valence-electron chi connectivity index (χ0n) is 20.0. The Bertz CT molecular complexity index is 872. The molecule has 0 N–H and O–H groups in total. The molecule has 31 heavy (non-hydrogen) atoms. The van der Waals surface area contributed by atoms with Gasteiger partial charge in [0.1, 0.15) is 5.78 Å². The Balaban J connectivity index is 1.48. The van der Waals surface area contributed by atoms with E-state index >= 15 is 0 Å². The lowest BCUT2D eigenvalue weighted by molar-refractivity contribution is -0.140. The first-order valence-corrected chi connectivity index (χ1v) is 12.6. The van der Waals surface area contributed by atoms with Crippen LogP contribution >= 0.6 is 0 Å². The van der Waals surface area contributed by atoms with Gasteiger partial charge in [0.25, 0.3) is 0 Å². The van der Waals surface area contributed by atoms with Gasteiger partial charge in [0, 0.05) is 12.5 Å². The number of benzene rings is 1. The molecule has 3 fully saturated rings. The number of ether oxygens (including phenoxy) is 1. The van der Waals surface area contributed by atoms with E-state index in [4.69, 9.17) is 4.74 Å². The van der Waals surface area contributed by atoms with Gasteiger partial charge in [-0.15, -0.1) is 0 Å². The summed E-state index contributed by atoms with van der Waals surface area (Å²) in [6.07, 6.45) is 13.5. The minimum atomic E-state index is -0.192. The second kappa shape index (κ2) is 7.58. The van der Waals surface area contributed by atoms with E-state index in [1.807, 2.05) is 14.0 Å². The molecule has 1 aromatic carbocycles. The molecule has 4 unspecified atom stereocenters. The highest BCUT2D eigenvalue weighted by Crippen LogP contribution is 2.70. The molecule has 0 radical (unpaired) electrons. The van der Waals surface area contributed by atoms with E-state index in [2.05, 4.69) is 50.3 Å². The van der Waals surface area contributed by atoms with Crippen molar-refractivity contribution >= 4 is 5.78 Å². The summed E-state index contributed by atoms with van der Waals surface area (Å²) in [5.74, 6) is 2.62. The Labute approximate surface area is 188 Å². The summed E-state index contributed by atoms with van der Waals surface area (Å²) in [4.78, 5) is 13.3. The molecular formula is C29H40O2. The molecule has 0 heterocycles. The standard InChI is InChI=1S/C29H40O2/c1-20(30)29(19-21-8-6-5-7-9-21)17-14-26-24-11-10-22-18-23(31-4)12-15-27(22,2)25(24)13-16-28(26,29)3/h5-10,23-26H,11-19H2,1-4H3/t23-,24?,25?,26?,27-,28-,29?/m0/s1. The maximum atomic E-state index is 13.3. The summed E-state index contributed by atoms with van der Waals surface area (Å²) >= 11 is 0. The van der Waals surface area contributed by atoms with Gasteiger partial charge in [-0.05, 0) is 98.9 Å². The van der Waals surface area contributed by atoms with Gasteiger partial charge < -0.3 is 4.74 Å². The Morgan fingerprint density at radius 3 is 2.48 bits per heavy atom. The van der Waals surface area contributed by atoms with Crippen LogP contribution in [0.1, 0.15) is 77.7 Å². The molecule has 0 aliphatic heterocycles. The minimum absolute atomic E-state index is 0.126. The third kappa shape index (κ3) is 3.04. The molecule has 2 nitrogen and oxygen atoms in total. The van der Waals surface area contributed by atoms with E-state index in [0.29, 0.717) is 23.2 Å². The molecule has 168 valence electrons. The van der Waals surface area contributed by atoms with Crippen LogP contribution in [0.15, 0.2) is 42.0 Å². The van der Waals surface area contributed by atoms with Gasteiger partial charge in [0.05, 0.1) is 6.10 Å². The first kappa shape index (κ1) is 21.4. The fraction of sp³-hybridized carbons (Fsp3) is 0.690. The van der Waals surface area contributed by atoms with Crippen LogP contribution in [0.4, 0.5) is 0 Å². The highest BCUT2D eigenvalue weighted by molar-refractivity contribution is 5.84. The lowest BCUT2D eigenvalue weighted by atomic mass is 9.45. The van der Waals surface area contributed by atoms with Crippen molar-refractivity contribution in [2.45, 2.75) is 84.7 Å². The van der Waals surface area contributed by atoms with Crippen molar-refractivity contribution in [1.82, 2.24) is 0 Å². The molecule has 2 heteroatoms. The number of hydrogen-bond donors (Lipinski definition) is 0. The van der Waals surface area contributed by atoms with Crippen molar-refractivity contribution in [3.63, 3.8) is 0 Å². The highest BCUT2D eigenvalue weighted by Gasteiger charge is 2.65. The summed E-state index contributed by atoms with van der Waals surface area (Å²) in [7, 11) is 1.87. The third-order valence-electron chi connectivity index (χ3n) is 10.8.